The van der Waals surface area contributed by atoms with Crippen molar-refractivity contribution in [2.45, 2.75) is 19.3 Å². The first-order valence-corrected chi connectivity index (χ1v) is 10.2. The van der Waals surface area contributed by atoms with Crippen LogP contribution < -0.4 is 5.32 Å². The molecule has 2 aromatic carbocycles. The Morgan fingerprint density at radius 1 is 0.920 bits per heavy atom. The van der Waals surface area contributed by atoms with Crippen LogP contribution in [0.4, 0.5) is 5.69 Å². The molecule has 0 spiro atoms. The van der Waals surface area contributed by atoms with E-state index in [2.05, 4.69) is 34.5 Å². The molecule has 0 atom stereocenters. The van der Waals surface area contributed by atoms with Crippen molar-refractivity contribution in [1.29, 1.82) is 0 Å². The van der Waals surface area contributed by atoms with Crippen molar-refractivity contribution in [3.63, 3.8) is 0 Å². The normalized spacial score (nSPS) is 15.0. The van der Waals surface area contributed by atoms with E-state index in [4.69, 9.17) is 0 Å². The van der Waals surface area contributed by atoms with Crippen molar-refractivity contribution in [2.75, 3.05) is 36.5 Å². The molecule has 3 rings (SSSR count). The van der Waals surface area contributed by atoms with Gasteiger partial charge >= 0.3 is 0 Å². The number of anilines is 1. The Kier molecular flexibility index (Phi) is 6.95. The maximum Gasteiger partial charge on any atom is 0.224 e. The highest BCUT2D eigenvalue weighted by Gasteiger charge is 2.10. The summed E-state index contributed by atoms with van der Waals surface area (Å²) in [5, 5.41) is 2.99. The number of nitrogens with one attached hydrogen (secondary N) is 1. The summed E-state index contributed by atoms with van der Waals surface area (Å²) in [6, 6.07) is 18.4. The quantitative estimate of drug-likeness (QED) is 0.820. The van der Waals surface area contributed by atoms with Crippen LogP contribution in [0.3, 0.4) is 0 Å². The van der Waals surface area contributed by atoms with Crippen molar-refractivity contribution in [3.8, 4) is 0 Å². The number of carbonyl (C=O) groups excluding carboxylic acids is 1. The van der Waals surface area contributed by atoms with Crippen LogP contribution in [0.25, 0.3) is 0 Å². The van der Waals surface area contributed by atoms with E-state index in [0.29, 0.717) is 6.42 Å². The van der Waals surface area contributed by atoms with Gasteiger partial charge in [0, 0.05) is 43.2 Å². The zero-order valence-corrected chi connectivity index (χ0v) is 15.4. The Labute approximate surface area is 154 Å². The average molecular weight is 355 g/mol. The maximum atomic E-state index is 12.1. The van der Waals surface area contributed by atoms with Gasteiger partial charge in [0.15, 0.2) is 0 Å². The molecule has 1 aliphatic heterocycles. The number of hydrogen-bond acceptors (Lipinski definition) is 3. The zero-order chi connectivity index (χ0) is 17.3. The highest BCUT2D eigenvalue weighted by Crippen LogP contribution is 2.13. The van der Waals surface area contributed by atoms with Crippen LogP contribution in [0.15, 0.2) is 54.6 Å². The second-order valence-corrected chi connectivity index (χ2v) is 7.66. The number of hydrogen-bond donors (Lipinski definition) is 1. The lowest BCUT2D eigenvalue weighted by Gasteiger charge is -2.26. The molecular formula is C21H26N2OS. The summed E-state index contributed by atoms with van der Waals surface area (Å²) in [4.78, 5) is 14.6. The molecule has 2 aromatic rings. The summed E-state index contributed by atoms with van der Waals surface area (Å²) in [6.07, 6.45) is 2.37. The lowest BCUT2D eigenvalue weighted by Crippen LogP contribution is -2.34. The Balaban J connectivity index is 1.41. The van der Waals surface area contributed by atoms with E-state index >= 15 is 0 Å². The first-order chi connectivity index (χ1) is 12.3. The van der Waals surface area contributed by atoms with Gasteiger partial charge in [-0.05, 0) is 36.1 Å². The minimum absolute atomic E-state index is 0.0717. The molecule has 0 unspecified atom stereocenters. The number of benzene rings is 2. The highest BCUT2D eigenvalue weighted by molar-refractivity contribution is 7.99. The molecule has 4 heteroatoms. The zero-order valence-electron chi connectivity index (χ0n) is 14.6. The summed E-state index contributed by atoms with van der Waals surface area (Å²) in [5.41, 5.74) is 3.42. The molecule has 1 heterocycles. The fourth-order valence-electron chi connectivity index (χ4n) is 2.99. The number of aryl methyl sites for hydroxylation is 1. The van der Waals surface area contributed by atoms with Crippen LogP contribution in [0.2, 0.25) is 0 Å². The second kappa shape index (κ2) is 9.64. The van der Waals surface area contributed by atoms with Crippen LogP contribution in [-0.2, 0) is 17.6 Å². The van der Waals surface area contributed by atoms with E-state index in [-0.39, 0.29) is 5.91 Å². The van der Waals surface area contributed by atoms with Crippen LogP contribution in [-0.4, -0.2) is 41.9 Å². The van der Waals surface area contributed by atoms with Crippen molar-refractivity contribution >= 4 is 23.4 Å². The third-order valence-electron chi connectivity index (χ3n) is 4.54. The summed E-state index contributed by atoms with van der Waals surface area (Å²) in [6.45, 7) is 3.55. The standard InChI is InChI=1S/C21H26N2OS/c24-21(11-8-18-4-2-1-3-5-18)22-20-9-6-19(7-10-20)12-13-23-14-16-25-17-15-23/h1-7,9-10H,8,11-17H2,(H,22,24). The lowest BCUT2D eigenvalue weighted by molar-refractivity contribution is -0.116. The molecule has 0 radical (unpaired) electrons. The number of thioether (sulfide) groups is 1. The molecule has 1 fully saturated rings. The van der Waals surface area contributed by atoms with Crippen molar-refractivity contribution in [3.05, 3.63) is 65.7 Å². The van der Waals surface area contributed by atoms with Gasteiger partial charge in [0.1, 0.15) is 0 Å². The van der Waals surface area contributed by atoms with E-state index < -0.39 is 0 Å². The molecule has 0 bridgehead atoms. The first-order valence-electron chi connectivity index (χ1n) is 9.02. The molecule has 3 nitrogen and oxygen atoms in total. The second-order valence-electron chi connectivity index (χ2n) is 6.43. The minimum Gasteiger partial charge on any atom is -0.326 e. The van der Waals surface area contributed by atoms with E-state index in [1.807, 2.05) is 42.1 Å². The fourth-order valence-corrected chi connectivity index (χ4v) is 3.97. The first kappa shape index (κ1) is 18.0. The predicted octanol–water partition coefficient (Wildman–Crippen LogP) is 3.85. The van der Waals surface area contributed by atoms with Gasteiger partial charge in [-0.3, -0.25) is 4.79 Å². The molecular weight excluding hydrogens is 328 g/mol. The SMILES string of the molecule is O=C(CCc1ccccc1)Nc1ccc(CCN2CCSCC2)cc1. The molecule has 1 saturated heterocycles. The molecule has 1 aliphatic rings. The van der Waals surface area contributed by atoms with E-state index in [9.17, 15) is 4.79 Å². The van der Waals surface area contributed by atoms with Crippen LogP contribution in [0.5, 0.6) is 0 Å². The van der Waals surface area contributed by atoms with Crippen molar-refractivity contribution in [2.24, 2.45) is 0 Å². The van der Waals surface area contributed by atoms with Crippen LogP contribution in [0.1, 0.15) is 17.5 Å². The predicted molar refractivity (Wildman–Crippen MR) is 107 cm³/mol. The minimum atomic E-state index is 0.0717. The van der Waals surface area contributed by atoms with Gasteiger partial charge in [0.2, 0.25) is 5.91 Å². The monoisotopic (exact) mass is 354 g/mol. The third-order valence-corrected chi connectivity index (χ3v) is 5.48. The van der Waals surface area contributed by atoms with Gasteiger partial charge in [-0.2, -0.15) is 11.8 Å². The Morgan fingerprint density at radius 2 is 1.60 bits per heavy atom. The summed E-state index contributed by atoms with van der Waals surface area (Å²) >= 11 is 2.05. The molecule has 0 aromatic heterocycles. The molecule has 0 saturated carbocycles. The van der Waals surface area contributed by atoms with Gasteiger partial charge in [-0.25, -0.2) is 0 Å². The topological polar surface area (TPSA) is 32.3 Å². The van der Waals surface area contributed by atoms with Gasteiger partial charge < -0.3 is 10.2 Å². The Bertz CT molecular complexity index is 651. The summed E-state index contributed by atoms with van der Waals surface area (Å²) in [7, 11) is 0. The summed E-state index contributed by atoms with van der Waals surface area (Å²) in [5.74, 6) is 2.59. The van der Waals surface area contributed by atoms with Gasteiger partial charge in [-0.15, -0.1) is 0 Å². The van der Waals surface area contributed by atoms with E-state index in [1.54, 1.807) is 0 Å². The lowest BCUT2D eigenvalue weighted by atomic mass is 10.1. The van der Waals surface area contributed by atoms with Crippen LogP contribution >= 0.6 is 11.8 Å². The van der Waals surface area contributed by atoms with Gasteiger partial charge in [0.25, 0.3) is 0 Å². The van der Waals surface area contributed by atoms with Crippen LogP contribution in [0, 0.1) is 0 Å². The summed E-state index contributed by atoms with van der Waals surface area (Å²) < 4.78 is 0. The molecule has 1 N–H and O–H groups in total. The fraction of sp³-hybridized carbons (Fsp3) is 0.381. The van der Waals surface area contributed by atoms with Gasteiger partial charge in [0.05, 0.1) is 0 Å². The average Bonchev–Trinajstić information content (AvgIpc) is 2.67. The number of rotatable bonds is 7. The Hall–Kier alpha value is -1.78. The van der Waals surface area contributed by atoms with E-state index in [1.165, 1.54) is 35.7 Å². The molecule has 1 amide bonds. The molecule has 0 aliphatic carbocycles. The van der Waals surface area contributed by atoms with Crippen molar-refractivity contribution < 1.29 is 4.79 Å². The third kappa shape index (κ3) is 6.22. The molecule has 132 valence electrons. The largest absolute Gasteiger partial charge is 0.326 e. The van der Waals surface area contributed by atoms with Gasteiger partial charge in [-0.1, -0.05) is 42.5 Å². The van der Waals surface area contributed by atoms with Crippen molar-refractivity contribution in [1.82, 2.24) is 4.90 Å². The molecule has 25 heavy (non-hydrogen) atoms. The smallest absolute Gasteiger partial charge is 0.224 e. The Morgan fingerprint density at radius 3 is 2.32 bits per heavy atom. The van der Waals surface area contributed by atoms with E-state index in [0.717, 1.165) is 25.1 Å². The highest BCUT2D eigenvalue weighted by atomic mass is 32.2. The number of amides is 1. The number of carbonyl (C=O) groups is 1. The number of nitrogens with zero attached hydrogens (tertiary/aromatic N) is 1. The maximum absolute atomic E-state index is 12.1.